The molecular formula is C17H23NO3. The van der Waals surface area contributed by atoms with E-state index < -0.39 is 5.41 Å². The molecule has 0 fully saturated rings. The maximum absolute atomic E-state index is 12.6. The molecule has 1 aliphatic rings. The van der Waals surface area contributed by atoms with Gasteiger partial charge in [-0.2, -0.15) is 0 Å². The number of para-hydroxylation sites is 1. The van der Waals surface area contributed by atoms with Crippen molar-refractivity contribution >= 4 is 17.6 Å². The van der Waals surface area contributed by atoms with Gasteiger partial charge in [0, 0.05) is 12.1 Å². The van der Waals surface area contributed by atoms with E-state index >= 15 is 0 Å². The van der Waals surface area contributed by atoms with Gasteiger partial charge in [0.15, 0.2) is 0 Å². The van der Waals surface area contributed by atoms with Gasteiger partial charge in [-0.3, -0.25) is 9.59 Å². The van der Waals surface area contributed by atoms with Crippen molar-refractivity contribution < 1.29 is 14.3 Å². The van der Waals surface area contributed by atoms with Gasteiger partial charge in [0.05, 0.1) is 12.5 Å². The van der Waals surface area contributed by atoms with E-state index in [4.69, 9.17) is 0 Å². The van der Waals surface area contributed by atoms with Crippen LogP contribution >= 0.6 is 0 Å². The van der Waals surface area contributed by atoms with Crippen molar-refractivity contribution in [1.29, 1.82) is 0 Å². The highest BCUT2D eigenvalue weighted by Gasteiger charge is 2.48. The standard InChI is InChI=1S/C17H23NO3/c1-12(2)17(11-7-6-10-15(19)21-3)13-8-4-5-9-14(13)18-16(17)20/h4-5,8-9,12H,6-7,10-11H2,1-3H3,(H,18,20). The molecule has 0 spiro atoms. The molecule has 4 nitrogen and oxygen atoms in total. The normalized spacial score (nSPS) is 20.3. The quantitative estimate of drug-likeness (QED) is 0.646. The van der Waals surface area contributed by atoms with Crippen LogP contribution in [0.1, 0.15) is 45.1 Å². The summed E-state index contributed by atoms with van der Waals surface area (Å²) < 4.78 is 4.65. The number of anilines is 1. The smallest absolute Gasteiger partial charge is 0.305 e. The van der Waals surface area contributed by atoms with Crippen LogP contribution in [-0.4, -0.2) is 19.0 Å². The number of benzene rings is 1. The predicted molar refractivity (Wildman–Crippen MR) is 82.1 cm³/mol. The van der Waals surface area contributed by atoms with Gasteiger partial charge in [-0.05, 0) is 30.4 Å². The van der Waals surface area contributed by atoms with E-state index in [0.29, 0.717) is 6.42 Å². The monoisotopic (exact) mass is 289 g/mol. The molecule has 1 atom stereocenters. The maximum Gasteiger partial charge on any atom is 0.305 e. The van der Waals surface area contributed by atoms with Gasteiger partial charge in [0.25, 0.3) is 0 Å². The number of fused-ring (bicyclic) bond motifs is 1. The molecule has 1 N–H and O–H groups in total. The molecule has 0 bridgehead atoms. The Hall–Kier alpha value is -1.84. The molecule has 0 saturated heterocycles. The number of amides is 1. The third kappa shape index (κ3) is 2.80. The molecule has 0 saturated carbocycles. The summed E-state index contributed by atoms with van der Waals surface area (Å²) in [7, 11) is 1.40. The van der Waals surface area contributed by atoms with Gasteiger partial charge in [0.1, 0.15) is 0 Å². The van der Waals surface area contributed by atoms with Crippen LogP contribution in [0.4, 0.5) is 5.69 Å². The van der Waals surface area contributed by atoms with Crippen molar-refractivity contribution in [3.05, 3.63) is 29.8 Å². The lowest BCUT2D eigenvalue weighted by Gasteiger charge is -2.31. The lowest BCUT2D eigenvalue weighted by molar-refractivity contribution is -0.140. The first kappa shape index (κ1) is 15.5. The predicted octanol–water partition coefficient (Wildman–Crippen LogP) is 3.27. The van der Waals surface area contributed by atoms with E-state index in [1.165, 1.54) is 7.11 Å². The van der Waals surface area contributed by atoms with Gasteiger partial charge in [-0.1, -0.05) is 38.5 Å². The molecule has 2 rings (SSSR count). The number of esters is 1. The molecule has 114 valence electrons. The van der Waals surface area contributed by atoms with Gasteiger partial charge < -0.3 is 10.1 Å². The summed E-state index contributed by atoms with van der Waals surface area (Å²) in [6.45, 7) is 4.17. The fourth-order valence-electron chi connectivity index (χ4n) is 3.22. The molecule has 0 aliphatic carbocycles. The van der Waals surface area contributed by atoms with E-state index in [9.17, 15) is 9.59 Å². The average Bonchev–Trinajstić information content (AvgIpc) is 2.76. The number of hydrogen-bond acceptors (Lipinski definition) is 3. The number of carbonyl (C=O) groups excluding carboxylic acids is 2. The fourth-order valence-corrected chi connectivity index (χ4v) is 3.22. The van der Waals surface area contributed by atoms with E-state index in [1.54, 1.807) is 0 Å². The number of unbranched alkanes of at least 4 members (excludes halogenated alkanes) is 1. The molecule has 1 aromatic rings. The van der Waals surface area contributed by atoms with Crippen molar-refractivity contribution in [2.75, 3.05) is 12.4 Å². The summed E-state index contributed by atoms with van der Waals surface area (Å²) in [5, 5.41) is 3.00. The average molecular weight is 289 g/mol. The van der Waals surface area contributed by atoms with Crippen LogP contribution in [0.5, 0.6) is 0 Å². The number of ether oxygens (including phenoxy) is 1. The van der Waals surface area contributed by atoms with Crippen molar-refractivity contribution in [1.82, 2.24) is 0 Å². The lowest BCUT2D eigenvalue weighted by Crippen LogP contribution is -2.39. The first-order valence-electron chi connectivity index (χ1n) is 7.50. The third-order valence-electron chi connectivity index (χ3n) is 4.48. The van der Waals surface area contributed by atoms with E-state index in [0.717, 1.165) is 30.5 Å². The summed E-state index contributed by atoms with van der Waals surface area (Å²) in [5.41, 5.74) is 1.53. The number of rotatable bonds is 6. The lowest BCUT2D eigenvalue weighted by atomic mass is 9.69. The minimum Gasteiger partial charge on any atom is -0.469 e. The SMILES string of the molecule is COC(=O)CCCCC1(C(C)C)C(=O)Nc2ccccc21. The highest BCUT2D eigenvalue weighted by atomic mass is 16.5. The van der Waals surface area contributed by atoms with E-state index in [-0.39, 0.29) is 17.8 Å². The van der Waals surface area contributed by atoms with Crippen LogP contribution in [0.15, 0.2) is 24.3 Å². The van der Waals surface area contributed by atoms with Crippen molar-refractivity contribution in [2.45, 2.75) is 44.9 Å². The summed E-state index contributed by atoms with van der Waals surface area (Å²) in [6, 6.07) is 7.90. The number of carbonyl (C=O) groups is 2. The van der Waals surface area contributed by atoms with Crippen LogP contribution in [-0.2, 0) is 19.7 Å². The molecular weight excluding hydrogens is 266 g/mol. The van der Waals surface area contributed by atoms with Crippen molar-refractivity contribution in [3.63, 3.8) is 0 Å². The number of methoxy groups -OCH3 is 1. The molecule has 1 aliphatic heterocycles. The molecule has 0 radical (unpaired) electrons. The third-order valence-corrected chi connectivity index (χ3v) is 4.48. The number of hydrogen-bond donors (Lipinski definition) is 1. The maximum atomic E-state index is 12.6. The Kier molecular flexibility index (Phi) is 4.66. The second kappa shape index (κ2) is 6.29. The second-order valence-corrected chi connectivity index (χ2v) is 5.91. The van der Waals surface area contributed by atoms with Gasteiger partial charge in [-0.25, -0.2) is 0 Å². The molecule has 4 heteroatoms. The Labute approximate surface area is 125 Å². The van der Waals surface area contributed by atoms with Crippen LogP contribution in [0.2, 0.25) is 0 Å². The van der Waals surface area contributed by atoms with Crippen molar-refractivity contribution in [3.8, 4) is 0 Å². The number of nitrogens with one attached hydrogen (secondary N) is 1. The first-order valence-corrected chi connectivity index (χ1v) is 7.50. The summed E-state index contributed by atoms with van der Waals surface area (Å²) in [6.07, 6.45) is 2.74. The zero-order valence-corrected chi connectivity index (χ0v) is 12.9. The Morgan fingerprint density at radius 2 is 2.00 bits per heavy atom. The molecule has 0 aromatic heterocycles. The van der Waals surface area contributed by atoms with E-state index in [1.807, 2.05) is 24.3 Å². The molecule has 21 heavy (non-hydrogen) atoms. The fraction of sp³-hybridized carbons (Fsp3) is 0.529. The highest BCUT2D eigenvalue weighted by molar-refractivity contribution is 6.06. The molecule has 1 amide bonds. The van der Waals surface area contributed by atoms with E-state index in [2.05, 4.69) is 23.9 Å². The molecule has 1 heterocycles. The Morgan fingerprint density at radius 1 is 1.29 bits per heavy atom. The highest BCUT2D eigenvalue weighted by Crippen LogP contribution is 2.46. The largest absolute Gasteiger partial charge is 0.469 e. The Balaban J connectivity index is 2.15. The van der Waals surface area contributed by atoms with Gasteiger partial charge in [0.2, 0.25) is 5.91 Å². The minimum atomic E-state index is -0.479. The van der Waals surface area contributed by atoms with Gasteiger partial charge in [-0.15, -0.1) is 0 Å². The first-order chi connectivity index (χ1) is 10.0. The second-order valence-electron chi connectivity index (χ2n) is 5.91. The zero-order valence-electron chi connectivity index (χ0n) is 12.9. The van der Waals surface area contributed by atoms with Crippen LogP contribution in [0, 0.1) is 5.92 Å². The summed E-state index contributed by atoms with van der Waals surface area (Å²) in [4.78, 5) is 23.8. The molecule has 1 unspecified atom stereocenters. The minimum absolute atomic E-state index is 0.0803. The van der Waals surface area contributed by atoms with Crippen LogP contribution < -0.4 is 5.32 Å². The topological polar surface area (TPSA) is 55.4 Å². The Bertz CT molecular complexity index is 539. The van der Waals surface area contributed by atoms with Crippen LogP contribution in [0.25, 0.3) is 0 Å². The van der Waals surface area contributed by atoms with Gasteiger partial charge >= 0.3 is 5.97 Å². The van der Waals surface area contributed by atoms with Crippen molar-refractivity contribution in [2.24, 2.45) is 5.92 Å². The molecule has 1 aromatic carbocycles. The zero-order chi connectivity index (χ0) is 15.5. The summed E-state index contributed by atoms with van der Waals surface area (Å²) >= 11 is 0. The van der Waals surface area contributed by atoms with Crippen LogP contribution in [0.3, 0.4) is 0 Å². The Morgan fingerprint density at radius 3 is 2.67 bits per heavy atom. The summed E-state index contributed by atoms with van der Waals surface area (Å²) in [5.74, 6) is 0.0981.